The maximum absolute atomic E-state index is 13.0. The normalized spacial score (nSPS) is 14.5. The Labute approximate surface area is 223 Å². The Morgan fingerprint density at radius 2 is 1.77 bits per heavy atom. The van der Waals surface area contributed by atoms with Crippen LogP contribution in [0.4, 0.5) is 11.4 Å². The molecule has 178 valence electrons. The third kappa shape index (κ3) is 6.05. The second kappa shape index (κ2) is 10.8. The van der Waals surface area contributed by atoms with E-state index in [0.717, 1.165) is 16.7 Å². The van der Waals surface area contributed by atoms with Gasteiger partial charge in [-0.15, -0.1) is 0 Å². The molecule has 0 atom stereocenters. The fourth-order valence-electron chi connectivity index (χ4n) is 3.29. The summed E-state index contributed by atoms with van der Waals surface area (Å²) in [6, 6.07) is 17.8. The molecule has 0 radical (unpaired) electrons. The van der Waals surface area contributed by atoms with E-state index in [1.54, 1.807) is 36.4 Å². The van der Waals surface area contributed by atoms with E-state index in [4.69, 9.17) is 40.2 Å². The molecule has 4 rings (SSSR count). The summed E-state index contributed by atoms with van der Waals surface area (Å²) in [5, 5.41) is 3.91. The number of rotatable bonds is 6. The Hall–Kier alpha value is -2.84. The lowest BCUT2D eigenvalue weighted by atomic mass is 10.2. The van der Waals surface area contributed by atoms with Crippen molar-refractivity contribution in [2.75, 3.05) is 16.8 Å². The number of ether oxygens (including phenoxy) is 1. The molecule has 2 amide bonds. The molecule has 1 aliphatic heterocycles. The molecule has 0 aliphatic carbocycles. The zero-order chi connectivity index (χ0) is 25.1. The summed E-state index contributed by atoms with van der Waals surface area (Å²) in [6.45, 7) is 3.63. The first-order valence-electron chi connectivity index (χ1n) is 10.5. The van der Waals surface area contributed by atoms with Crippen LogP contribution >= 0.6 is 47.2 Å². The minimum atomic E-state index is -0.292. The number of nitrogens with one attached hydrogen (secondary N) is 1. The van der Waals surface area contributed by atoms with Crippen molar-refractivity contribution in [2.24, 2.45) is 0 Å². The summed E-state index contributed by atoms with van der Waals surface area (Å²) >= 11 is 18.9. The molecule has 0 spiro atoms. The van der Waals surface area contributed by atoms with Crippen molar-refractivity contribution in [3.8, 4) is 5.75 Å². The molecule has 1 heterocycles. The minimum Gasteiger partial charge on any atom is -0.484 e. The standard InChI is InChI=1S/C26H20Cl2N2O3S2/c1-15-4-8-19(13-21(15)28)30-25(32)23(35-26(30)34)11-17-5-9-20(10-6-17)33-14-24(31)29-22-12-18(27)7-3-16(22)2/h3-13H,14H2,1-2H3,(H,29,31)/b23-11-. The van der Waals surface area contributed by atoms with Crippen LogP contribution in [0.15, 0.2) is 65.6 Å². The Morgan fingerprint density at radius 1 is 1.06 bits per heavy atom. The van der Waals surface area contributed by atoms with E-state index in [1.807, 2.05) is 44.2 Å². The molecular formula is C26H20Cl2N2O3S2. The average molecular weight is 543 g/mol. The Bertz CT molecular complexity index is 1360. The molecule has 0 aromatic heterocycles. The van der Waals surface area contributed by atoms with Gasteiger partial charge in [0.15, 0.2) is 10.9 Å². The van der Waals surface area contributed by atoms with Gasteiger partial charge < -0.3 is 10.1 Å². The van der Waals surface area contributed by atoms with Gasteiger partial charge in [-0.1, -0.05) is 71.4 Å². The number of amides is 2. The molecule has 1 fully saturated rings. The largest absolute Gasteiger partial charge is 0.484 e. The van der Waals surface area contributed by atoms with Gasteiger partial charge in [-0.05, 0) is 73.0 Å². The van der Waals surface area contributed by atoms with Gasteiger partial charge in [0.1, 0.15) is 5.75 Å². The average Bonchev–Trinajstić information content (AvgIpc) is 3.10. The topological polar surface area (TPSA) is 58.6 Å². The van der Waals surface area contributed by atoms with E-state index in [0.29, 0.717) is 36.4 Å². The van der Waals surface area contributed by atoms with Crippen LogP contribution in [0.2, 0.25) is 10.0 Å². The monoisotopic (exact) mass is 542 g/mol. The molecule has 1 N–H and O–H groups in total. The first-order valence-corrected chi connectivity index (χ1v) is 12.5. The van der Waals surface area contributed by atoms with Gasteiger partial charge in [-0.3, -0.25) is 14.5 Å². The van der Waals surface area contributed by atoms with Crippen molar-refractivity contribution in [1.82, 2.24) is 0 Å². The van der Waals surface area contributed by atoms with Crippen molar-refractivity contribution in [2.45, 2.75) is 13.8 Å². The number of carbonyl (C=O) groups is 2. The Balaban J connectivity index is 1.38. The van der Waals surface area contributed by atoms with Crippen LogP contribution in [0.25, 0.3) is 6.08 Å². The predicted molar refractivity (Wildman–Crippen MR) is 149 cm³/mol. The number of benzene rings is 3. The molecule has 1 saturated heterocycles. The zero-order valence-electron chi connectivity index (χ0n) is 18.8. The molecule has 0 unspecified atom stereocenters. The number of anilines is 2. The van der Waals surface area contributed by atoms with Crippen LogP contribution in [0.1, 0.15) is 16.7 Å². The summed E-state index contributed by atoms with van der Waals surface area (Å²) < 4.78 is 6.04. The van der Waals surface area contributed by atoms with Crippen LogP contribution in [-0.2, 0) is 9.59 Å². The molecule has 3 aromatic carbocycles. The Kier molecular flexibility index (Phi) is 7.82. The van der Waals surface area contributed by atoms with Crippen molar-refractivity contribution in [3.05, 3.63) is 92.3 Å². The molecule has 1 aliphatic rings. The number of carbonyl (C=O) groups excluding carboxylic acids is 2. The highest BCUT2D eigenvalue weighted by Crippen LogP contribution is 2.37. The summed E-state index contributed by atoms with van der Waals surface area (Å²) in [4.78, 5) is 27.2. The minimum absolute atomic E-state index is 0.150. The zero-order valence-corrected chi connectivity index (χ0v) is 21.9. The predicted octanol–water partition coefficient (Wildman–Crippen LogP) is 7.03. The summed E-state index contributed by atoms with van der Waals surface area (Å²) in [5.41, 5.74) is 3.92. The Morgan fingerprint density at radius 3 is 2.49 bits per heavy atom. The lowest BCUT2D eigenvalue weighted by molar-refractivity contribution is -0.118. The van der Waals surface area contributed by atoms with Crippen LogP contribution in [0.5, 0.6) is 5.75 Å². The molecule has 9 heteroatoms. The summed E-state index contributed by atoms with van der Waals surface area (Å²) in [5.74, 6) is 0.0366. The highest BCUT2D eigenvalue weighted by Gasteiger charge is 2.33. The van der Waals surface area contributed by atoms with Crippen LogP contribution in [0, 0.1) is 13.8 Å². The number of aryl methyl sites for hydroxylation is 2. The summed E-state index contributed by atoms with van der Waals surface area (Å²) in [7, 11) is 0. The molecule has 0 saturated carbocycles. The van der Waals surface area contributed by atoms with E-state index in [2.05, 4.69) is 5.32 Å². The third-order valence-corrected chi connectivity index (χ3v) is 7.17. The molecule has 0 bridgehead atoms. The number of halogens is 2. The van der Waals surface area contributed by atoms with Crippen molar-refractivity contribution in [3.63, 3.8) is 0 Å². The highest BCUT2D eigenvalue weighted by atomic mass is 35.5. The second-order valence-electron chi connectivity index (χ2n) is 7.82. The molecule has 3 aromatic rings. The molecule has 5 nitrogen and oxygen atoms in total. The first kappa shape index (κ1) is 25.3. The number of nitrogens with zero attached hydrogens (tertiary/aromatic N) is 1. The smallest absolute Gasteiger partial charge is 0.270 e. The van der Waals surface area contributed by atoms with Crippen LogP contribution < -0.4 is 15.0 Å². The van der Waals surface area contributed by atoms with Crippen LogP contribution in [0.3, 0.4) is 0 Å². The van der Waals surface area contributed by atoms with Crippen molar-refractivity contribution < 1.29 is 14.3 Å². The van der Waals surface area contributed by atoms with Gasteiger partial charge in [0, 0.05) is 15.7 Å². The fraction of sp³-hybridized carbons (Fsp3) is 0.115. The van der Waals surface area contributed by atoms with Gasteiger partial charge in [-0.25, -0.2) is 0 Å². The van der Waals surface area contributed by atoms with E-state index in [9.17, 15) is 9.59 Å². The summed E-state index contributed by atoms with van der Waals surface area (Å²) in [6.07, 6.45) is 1.77. The fourth-order valence-corrected chi connectivity index (χ4v) is 4.93. The van der Waals surface area contributed by atoms with E-state index < -0.39 is 0 Å². The first-order chi connectivity index (χ1) is 16.7. The number of hydrogen-bond donors (Lipinski definition) is 1. The van der Waals surface area contributed by atoms with E-state index in [1.165, 1.54) is 16.7 Å². The number of thioether (sulfide) groups is 1. The third-order valence-electron chi connectivity index (χ3n) is 5.23. The lowest BCUT2D eigenvalue weighted by Crippen LogP contribution is -2.27. The van der Waals surface area contributed by atoms with Gasteiger partial charge in [-0.2, -0.15) is 0 Å². The van der Waals surface area contributed by atoms with E-state index >= 15 is 0 Å². The number of thiocarbonyl (C=S) groups is 1. The second-order valence-corrected chi connectivity index (χ2v) is 10.3. The van der Waals surface area contributed by atoms with Gasteiger partial charge in [0.05, 0.1) is 10.6 Å². The molecular weight excluding hydrogens is 523 g/mol. The lowest BCUT2D eigenvalue weighted by Gasteiger charge is -2.15. The maximum atomic E-state index is 13.0. The van der Waals surface area contributed by atoms with Crippen molar-refractivity contribution >= 4 is 80.8 Å². The number of hydrogen-bond acceptors (Lipinski definition) is 5. The SMILES string of the molecule is Cc1ccc(N2C(=O)/C(=C/c3ccc(OCC(=O)Nc4cc(Cl)ccc4C)cc3)SC2=S)cc1Cl. The highest BCUT2D eigenvalue weighted by molar-refractivity contribution is 8.27. The van der Waals surface area contributed by atoms with Crippen molar-refractivity contribution in [1.29, 1.82) is 0 Å². The maximum Gasteiger partial charge on any atom is 0.270 e. The van der Waals surface area contributed by atoms with Gasteiger partial charge in [0.25, 0.3) is 11.8 Å². The van der Waals surface area contributed by atoms with E-state index in [-0.39, 0.29) is 18.4 Å². The quantitative estimate of drug-likeness (QED) is 0.267. The van der Waals surface area contributed by atoms with Crippen LogP contribution in [-0.4, -0.2) is 22.7 Å². The van der Waals surface area contributed by atoms with Gasteiger partial charge in [0.2, 0.25) is 0 Å². The molecule has 35 heavy (non-hydrogen) atoms. The van der Waals surface area contributed by atoms with Gasteiger partial charge >= 0.3 is 0 Å².